The fourth-order valence-electron chi connectivity index (χ4n) is 1.86. The average Bonchev–Trinajstić information content (AvgIpc) is 2.35. The predicted octanol–water partition coefficient (Wildman–Crippen LogP) is 0.901. The summed E-state index contributed by atoms with van der Waals surface area (Å²) >= 11 is 6.11. The van der Waals surface area contributed by atoms with Gasteiger partial charge in [0.2, 0.25) is 11.8 Å². The van der Waals surface area contributed by atoms with E-state index in [1.54, 1.807) is 23.1 Å². The van der Waals surface area contributed by atoms with Gasteiger partial charge >= 0.3 is 5.97 Å². The Morgan fingerprint density at radius 3 is 2.50 bits per heavy atom. The van der Waals surface area contributed by atoms with Crippen molar-refractivity contribution >= 4 is 41.1 Å². The molecule has 0 unspecified atom stereocenters. The summed E-state index contributed by atoms with van der Waals surface area (Å²) in [6.45, 7) is 0.103. The van der Waals surface area contributed by atoms with Gasteiger partial charge in [-0.05, 0) is 23.8 Å². The highest BCUT2D eigenvalue weighted by Crippen LogP contribution is 2.27. The second kappa shape index (κ2) is 5.75. The first-order valence-corrected chi connectivity index (χ1v) is 6.11. The maximum Gasteiger partial charge on any atom is 0.328 e. The zero-order chi connectivity index (χ0) is 14.7. The molecule has 104 valence electrons. The molecule has 0 atom stereocenters. The Morgan fingerprint density at radius 2 is 1.95 bits per heavy atom. The topological polar surface area (TPSA) is 86.7 Å². The van der Waals surface area contributed by atoms with Crippen LogP contribution in [0.25, 0.3) is 6.08 Å². The number of hydrogen-bond acceptors (Lipinski definition) is 4. The van der Waals surface area contributed by atoms with Gasteiger partial charge in [0.05, 0.1) is 23.8 Å². The number of aliphatic carboxylic acids is 1. The van der Waals surface area contributed by atoms with Gasteiger partial charge in [-0.3, -0.25) is 14.9 Å². The van der Waals surface area contributed by atoms with Crippen LogP contribution >= 0.6 is 11.6 Å². The van der Waals surface area contributed by atoms with E-state index in [4.69, 9.17) is 16.7 Å². The third-order valence-electron chi connectivity index (χ3n) is 2.68. The Kier molecular flexibility index (Phi) is 4.05. The minimum absolute atomic E-state index is 0.0514. The standard InChI is InChI=1S/C13H11ClN2O4/c14-9-5-8(2-4-13(19)20)1-3-10(9)16-6-11(17)15-12(18)7-16/h1-5H,6-7H2,(H,19,20)(H,15,17,18)/b4-2+. The van der Waals surface area contributed by atoms with Crippen molar-refractivity contribution in [2.24, 2.45) is 0 Å². The van der Waals surface area contributed by atoms with Crippen molar-refractivity contribution in [2.45, 2.75) is 0 Å². The summed E-state index contributed by atoms with van der Waals surface area (Å²) in [5.41, 5.74) is 1.18. The van der Waals surface area contributed by atoms with Crippen molar-refractivity contribution in [1.82, 2.24) is 5.32 Å². The van der Waals surface area contributed by atoms with Gasteiger partial charge in [-0.1, -0.05) is 17.7 Å². The molecule has 2 amide bonds. The number of piperazine rings is 1. The molecule has 20 heavy (non-hydrogen) atoms. The molecule has 0 aromatic heterocycles. The lowest BCUT2D eigenvalue weighted by Gasteiger charge is -2.28. The monoisotopic (exact) mass is 294 g/mol. The zero-order valence-corrected chi connectivity index (χ0v) is 11.1. The Labute approximate surface area is 119 Å². The number of carbonyl (C=O) groups excluding carboxylic acids is 2. The summed E-state index contributed by atoms with van der Waals surface area (Å²) in [6.07, 6.45) is 2.41. The molecule has 1 saturated heterocycles. The van der Waals surface area contributed by atoms with Gasteiger partial charge in [0.15, 0.2) is 0 Å². The maximum atomic E-state index is 11.3. The third-order valence-corrected chi connectivity index (χ3v) is 2.98. The highest BCUT2D eigenvalue weighted by Gasteiger charge is 2.23. The van der Waals surface area contributed by atoms with Crippen LogP contribution in [0.1, 0.15) is 5.56 Å². The van der Waals surface area contributed by atoms with E-state index in [-0.39, 0.29) is 24.9 Å². The number of amides is 2. The summed E-state index contributed by atoms with van der Waals surface area (Å²) in [6, 6.07) is 4.89. The number of carboxylic acid groups (broad SMARTS) is 1. The molecule has 1 aliphatic heterocycles. The molecule has 0 aliphatic carbocycles. The third kappa shape index (κ3) is 3.36. The van der Waals surface area contributed by atoms with Crippen molar-refractivity contribution in [3.05, 3.63) is 34.9 Å². The van der Waals surface area contributed by atoms with E-state index in [0.29, 0.717) is 16.3 Å². The van der Waals surface area contributed by atoms with E-state index < -0.39 is 5.97 Å². The van der Waals surface area contributed by atoms with Crippen LogP contribution in [0.5, 0.6) is 0 Å². The number of rotatable bonds is 3. The second-order valence-corrected chi connectivity index (χ2v) is 4.62. The zero-order valence-electron chi connectivity index (χ0n) is 10.3. The number of hydrogen-bond donors (Lipinski definition) is 2. The maximum absolute atomic E-state index is 11.3. The molecule has 1 heterocycles. The number of nitrogens with one attached hydrogen (secondary N) is 1. The molecule has 1 fully saturated rings. The minimum atomic E-state index is -1.05. The van der Waals surface area contributed by atoms with Crippen molar-refractivity contribution in [1.29, 1.82) is 0 Å². The number of anilines is 1. The Balaban J connectivity index is 2.23. The highest BCUT2D eigenvalue weighted by atomic mass is 35.5. The molecular weight excluding hydrogens is 284 g/mol. The lowest BCUT2D eigenvalue weighted by atomic mass is 10.1. The number of imide groups is 1. The molecule has 2 rings (SSSR count). The fraction of sp³-hybridized carbons (Fsp3) is 0.154. The van der Waals surface area contributed by atoms with Gasteiger partial charge < -0.3 is 10.0 Å². The summed E-state index contributed by atoms with van der Waals surface area (Å²) in [5.74, 6) is -1.82. The number of carbonyl (C=O) groups is 3. The van der Waals surface area contributed by atoms with Crippen LogP contribution in [0, 0.1) is 0 Å². The first kappa shape index (κ1) is 14.1. The van der Waals surface area contributed by atoms with E-state index in [0.717, 1.165) is 6.08 Å². The Hall–Kier alpha value is -2.34. The molecule has 2 N–H and O–H groups in total. The number of carboxylic acids is 1. The normalized spacial score (nSPS) is 15.6. The lowest BCUT2D eigenvalue weighted by molar-refractivity contribution is -0.132. The smallest absolute Gasteiger partial charge is 0.328 e. The predicted molar refractivity (Wildman–Crippen MR) is 73.5 cm³/mol. The first-order valence-electron chi connectivity index (χ1n) is 5.74. The van der Waals surface area contributed by atoms with Gasteiger partial charge in [0, 0.05) is 6.08 Å². The first-order chi connectivity index (χ1) is 9.45. The average molecular weight is 295 g/mol. The van der Waals surface area contributed by atoms with Gasteiger partial charge in [-0.25, -0.2) is 4.79 Å². The molecule has 1 aromatic rings. The molecule has 1 aromatic carbocycles. The van der Waals surface area contributed by atoms with Crippen molar-refractivity contribution in [3.8, 4) is 0 Å². The second-order valence-electron chi connectivity index (χ2n) is 4.21. The molecule has 7 heteroatoms. The van der Waals surface area contributed by atoms with Crippen molar-refractivity contribution in [2.75, 3.05) is 18.0 Å². The molecule has 0 bridgehead atoms. The quantitative estimate of drug-likeness (QED) is 0.639. The number of benzene rings is 1. The van der Waals surface area contributed by atoms with Gasteiger partial charge in [-0.2, -0.15) is 0 Å². The lowest BCUT2D eigenvalue weighted by Crippen LogP contribution is -2.51. The fourth-order valence-corrected chi connectivity index (χ4v) is 2.17. The van der Waals surface area contributed by atoms with Gasteiger partial charge in [-0.15, -0.1) is 0 Å². The van der Waals surface area contributed by atoms with Crippen LogP contribution in [0.3, 0.4) is 0 Å². The highest BCUT2D eigenvalue weighted by molar-refractivity contribution is 6.33. The largest absolute Gasteiger partial charge is 0.478 e. The van der Waals surface area contributed by atoms with Crippen LogP contribution in [0.15, 0.2) is 24.3 Å². The summed E-state index contributed by atoms with van der Waals surface area (Å²) in [4.78, 5) is 34.6. The van der Waals surface area contributed by atoms with E-state index in [1.165, 1.54) is 6.08 Å². The van der Waals surface area contributed by atoms with Crippen LogP contribution in [0.2, 0.25) is 5.02 Å². The number of halogens is 1. The Bertz CT molecular complexity index is 596. The molecule has 6 nitrogen and oxygen atoms in total. The van der Waals surface area contributed by atoms with Crippen LogP contribution in [-0.4, -0.2) is 36.0 Å². The molecular formula is C13H11ClN2O4. The summed E-state index contributed by atoms with van der Waals surface area (Å²) in [7, 11) is 0. The van der Waals surface area contributed by atoms with Crippen LogP contribution in [0.4, 0.5) is 5.69 Å². The van der Waals surface area contributed by atoms with Crippen LogP contribution in [-0.2, 0) is 14.4 Å². The number of nitrogens with zero attached hydrogens (tertiary/aromatic N) is 1. The van der Waals surface area contributed by atoms with Crippen molar-refractivity contribution in [3.63, 3.8) is 0 Å². The van der Waals surface area contributed by atoms with E-state index in [9.17, 15) is 14.4 Å². The van der Waals surface area contributed by atoms with E-state index in [2.05, 4.69) is 5.32 Å². The van der Waals surface area contributed by atoms with Crippen molar-refractivity contribution < 1.29 is 19.5 Å². The van der Waals surface area contributed by atoms with E-state index >= 15 is 0 Å². The molecule has 0 spiro atoms. The minimum Gasteiger partial charge on any atom is -0.478 e. The SMILES string of the molecule is O=C(O)/C=C/c1ccc(N2CC(=O)NC(=O)C2)c(Cl)c1. The van der Waals surface area contributed by atoms with Crippen LogP contribution < -0.4 is 10.2 Å². The Morgan fingerprint density at radius 1 is 1.30 bits per heavy atom. The van der Waals surface area contributed by atoms with Gasteiger partial charge in [0.1, 0.15) is 0 Å². The molecule has 0 saturated carbocycles. The summed E-state index contributed by atoms with van der Waals surface area (Å²) in [5, 5.41) is 11.1. The molecule has 1 aliphatic rings. The molecule has 0 radical (unpaired) electrons. The summed E-state index contributed by atoms with van der Waals surface area (Å²) < 4.78 is 0. The van der Waals surface area contributed by atoms with Gasteiger partial charge in [0.25, 0.3) is 0 Å². The van der Waals surface area contributed by atoms with E-state index in [1.807, 2.05) is 0 Å².